The van der Waals surface area contributed by atoms with Gasteiger partial charge in [-0.2, -0.15) is 11.8 Å². The van der Waals surface area contributed by atoms with E-state index in [1.165, 1.54) is 42.8 Å². The Kier molecular flexibility index (Phi) is 3.53. The summed E-state index contributed by atoms with van der Waals surface area (Å²) in [7, 11) is 0. The Morgan fingerprint density at radius 2 is 1.83 bits per heavy atom. The lowest BCUT2D eigenvalue weighted by Gasteiger charge is -2.23. The second-order valence-corrected chi connectivity index (χ2v) is 6.66. The highest BCUT2D eigenvalue weighted by Crippen LogP contribution is 2.47. The van der Waals surface area contributed by atoms with Crippen molar-refractivity contribution in [1.29, 1.82) is 0 Å². The summed E-state index contributed by atoms with van der Waals surface area (Å²) in [5.74, 6) is 3.49. The van der Waals surface area contributed by atoms with Gasteiger partial charge in [-0.25, -0.2) is 0 Å². The smallest absolute Gasteiger partial charge is 0.119 e. The predicted molar refractivity (Wildman–Crippen MR) is 77.4 cm³/mol. The zero-order valence-electron chi connectivity index (χ0n) is 10.7. The molecule has 1 aromatic rings. The highest BCUT2D eigenvalue weighted by atomic mass is 32.2. The molecule has 2 N–H and O–H groups in total. The second-order valence-electron chi connectivity index (χ2n) is 5.44. The van der Waals surface area contributed by atoms with Gasteiger partial charge in [-0.05, 0) is 54.9 Å². The SMILES string of the molecule is NCC1(c2ccc(OC3CCSCC3)cc2)CC1. The van der Waals surface area contributed by atoms with Crippen LogP contribution in [0.3, 0.4) is 0 Å². The van der Waals surface area contributed by atoms with Crippen molar-refractivity contribution in [1.82, 2.24) is 0 Å². The average molecular weight is 263 g/mol. The lowest BCUT2D eigenvalue weighted by atomic mass is 9.96. The molecule has 0 bridgehead atoms. The van der Waals surface area contributed by atoms with Crippen LogP contribution in [0, 0.1) is 0 Å². The second kappa shape index (κ2) is 5.14. The zero-order chi connectivity index (χ0) is 12.4. The van der Waals surface area contributed by atoms with Gasteiger partial charge in [0.2, 0.25) is 0 Å². The van der Waals surface area contributed by atoms with Crippen molar-refractivity contribution < 1.29 is 4.74 Å². The molecule has 1 saturated carbocycles. The largest absolute Gasteiger partial charge is 0.490 e. The molecule has 2 nitrogen and oxygen atoms in total. The van der Waals surface area contributed by atoms with E-state index in [0.29, 0.717) is 11.5 Å². The molecule has 0 radical (unpaired) electrons. The van der Waals surface area contributed by atoms with Gasteiger partial charge < -0.3 is 10.5 Å². The summed E-state index contributed by atoms with van der Waals surface area (Å²) < 4.78 is 6.03. The highest BCUT2D eigenvalue weighted by Gasteiger charge is 2.42. The van der Waals surface area contributed by atoms with Gasteiger partial charge in [0.05, 0.1) is 0 Å². The molecule has 2 aliphatic rings. The van der Waals surface area contributed by atoms with Crippen molar-refractivity contribution in [3.05, 3.63) is 29.8 Å². The van der Waals surface area contributed by atoms with E-state index in [1.54, 1.807) is 0 Å². The van der Waals surface area contributed by atoms with Crippen LogP contribution in [0.5, 0.6) is 5.75 Å². The van der Waals surface area contributed by atoms with Crippen molar-refractivity contribution in [3.8, 4) is 5.75 Å². The summed E-state index contributed by atoms with van der Waals surface area (Å²) in [6.07, 6.45) is 5.26. The Morgan fingerprint density at radius 3 is 2.39 bits per heavy atom. The maximum absolute atomic E-state index is 6.03. The first-order chi connectivity index (χ1) is 8.82. The Bertz CT molecular complexity index is 393. The van der Waals surface area contributed by atoms with Gasteiger partial charge in [0.15, 0.2) is 0 Å². The molecular weight excluding hydrogens is 242 g/mol. The molecule has 1 saturated heterocycles. The Balaban J connectivity index is 1.64. The summed E-state index contributed by atoms with van der Waals surface area (Å²) in [6.45, 7) is 0.771. The molecule has 0 unspecified atom stereocenters. The average Bonchev–Trinajstić information content (AvgIpc) is 3.22. The van der Waals surface area contributed by atoms with E-state index in [2.05, 4.69) is 24.3 Å². The number of thioether (sulfide) groups is 1. The van der Waals surface area contributed by atoms with Gasteiger partial charge in [-0.3, -0.25) is 0 Å². The summed E-state index contributed by atoms with van der Waals surface area (Å²) in [6, 6.07) is 8.64. The molecule has 98 valence electrons. The van der Waals surface area contributed by atoms with Crippen LogP contribution < -0.4 is 10.5 Å². The molecule has 1 heterocycles. The van der Waals surface area contributed by atoms with Crippen molar-refractivity contribution >= 4 is 11.8 Å². The van der Waals surface area contributed by atoms with Crippen LogP contribution in [0.2, 0.25) is 0 Å². The molecule has 1 aliphatic heterocycles. The number of ether oxygens (including phenoxy) is 1. The molecule has 0 amide bonds. The van der Waals surface area contributed by atoms with E-state index < -0.39 is 0 Å². The van der Waals surface area contributed by atoms with E-state index in [1.807, 2.05) is 11.8 Å². The quantitative estimate of drug-likeness (QED) is 0.907. The number of rotatable bonds is 4. The molecule has 1 aliphatic carbocycles. The fraction of sp³-hybridized carbons (Fsp3) is 0.600. The van der Waals surface area contributed by atoms with Crippen molar-refractivity contribution in [2.24, 2.45) is 5.73 Å². The minimum atomic E-state index is 0.292. The van der Waals surface area contributed by atoms with Crippen LogP contribution in [0.25, 0.3) is 0 Å². The lowest BCUT2D eigenvalue weighted by molar-refractivity contribution is 0.192. The van der Waals surface area contributed by atoms with Gasteiger partial charge in [0.1, 0.15) is 11.9 Å². The molecule has 3 heteroatoms. The van der Waals surface area contributed by atoms with Crippen LogP contribution in [0.4, 0.5) is 0 Å². The highest BCUT2D eigenvalue weighted by molar-refractivity contribution is 7.99. The number of nitrogens with two attached hydrogens (primary N) is 1. The van der Waals surface area contributed by atoms with Gasteiger partial charge in [0.25, 0.3) is 0 Å². The van der Waals surface area contributed by atoms with Crippen LogP contribution >= 0.6 is 11.8 Å². The van der Waals surface area contributed by atoms with Crippen LogP contribution in [0.1, 0.15) is 31.2 Å². The zero-order valence-corrected chi connectivity index (χ0v) is 11.5. The molecule has 2 fully saturated rings. The number of hydrogen-bond acceptors (Lipinski definition) is 3. The Morgan fingerprint density at radius 1 is 1.17 bits per heavy atom. The first-order valence-electron chi connectivity index (χ1n) is 6.87. The third kappa shape index (κ3) is 2.52. The molecule has 0 atom stereocenters. The summed E-state index contributed by atoms with van der Waals surface area (Å²) >= 11 is 2.03. The van der Waals surface area contributed by atoms with Gasteiger partial charge in [0, 0.05) is 12.0 Å². The Hall–Kier alpha value is -0.670. The minimum absolute atomic E-state index is 0.292. The maximum atomic E-state index is 6.03. The fourth-order valence-corrected chi connectivity index (χ4v) is 3.70. The molecule has 0 spiro atoms. The first-order valence-corrected chi connectivity index (χ1v) is 8.03. The fourth-order valence-electron chi connectivity index (χ4n) is 2.63. The molecule has 18 heavy (non-hydrogen) atoms. The van der Waals surface area contributed by atoms with E-state index >= 15 is 0 Å². The topological polar surface area (TPSA) is 35.2 Å². The summed E-state index contributed by atoms with van der Waals surface area (Å²) in [5, 5.41) is 0. The standard InChI is InChI=1S/C15H21NOS/c16-11-15(7-8-15)12-1-3-13(4-2-12)17-14-5-9-18-10-6-14/h1-4,14H,5-11,16H2. The van der Waals surface area contributed by atoms with Crippen LogP contribution in [-0.4, -0.2) is 24.2 Å². The van der Waals surface area contributed by atoms with Crippen molar-refractivity contribution in [2.75, 3.05) is 18.1 Å². The number of hydrogen-bond donors (Lipinski definition) is 1. The maximum Gasteiger partial charge on any atom is 0.119 e. The normalized spacial score (nSPS) is 22.7. The third-order valence-electron chi connectivity index (χ3n) is 4.18. The van der Waals surface area contributed by atoms with E-state index in [4.69, 9.17) is 10.5 Å². The van der Waals surface area contributed by atoms with Crippen molar-refractivity contribution in [3.63, 3.8) is 0 Å². The summed E-state index contributed by atoms with van der Waals surface area (Å²) in [4.78, 5) is 0. The first kappa shape index (κ1) is 12.4. The third-order valence-corrected chi connectivity index (χ3v) is 5.23. The molecular formula is C15H21NOS. The monoisotopic (exact) mass is 263 g/mol. The van der Waals surface area contributed by atoms with E-state index in [9.17, 15) is 0 Å². The number of benzene rings is 1. The van der Waals surface area contributed by atoms with Crippen LogP contribution in [0.15, 0.2) is 24.3 Å². The van der Waals surface area contributed by atoms with Crippen LogP contribution in [-0.2, 0) is 5.41 Å². The minimum Gasteiger partial charge on any atom is -0.490 e. The van der Waals surface area contributed by atoms with Gasteiger partial charge >= 0.3 is 0 Å². The molecule has 3 rings (SSSR count). The predicted octanol–water partition coefficient (Wildman–Crippen LogP) is 2.95. The lowest BCUT2D eigenvalue weighted by Crippen LogP contribution is -2.22. The van der Waals surface area contributed by atoms with Crippen molar-refractivity contribution in [2.45, 2.75) is 37.2 Å². The van der Waals surface area contributed by atoms with E-state index in [-0.39, 0.29) is 0 Å². The Labute approximate surface area is 113 Å². The van der Waals surface area contributed by atoms with E-state index in [0.717, 1.165) is 12.3 Å². The molecule has 1 aromatic carbocycles. The van der Waals surface area contributed by atoms with Gasteiger partial charge in [-0.15, -0.1) is 0 Å². The van der Waals surface area contributed by atoms with Gasteiger partial charge in [-0.1, -0.05) is 12.1 Å². The molecule has 0 aromatic heterocycles. The summed E-state index contributed by atoms with van der Waals surface area (Å²) in [5.41, 5.74) is 7.53.